The van der Waals surface area contributed by atoms with Gasteiger partial charge in [-0.2, -0.15) is 0 Å². The van der Waals surface area contributed by atoms with Crippen LogP contribution >= 0.6 is 0 Å². The Morgan fingerprint density at radius 3 is 2.06 bits per heavy atom. The van der Waals surface area contributed by atoms with E-state index >= 15 is 0 Å². The molecule has 0 heterocycles. The summed E-state index contributed by atoms with van der Waals surface area (Å²) in [6.07, 6.45) is 9.97. The Hall–Kier alpha value is -0.0400. The fourth-order valence-electron chi connectivity index (χ4n) is 4.26. The van der Waals surface area contributed by atoms with Gasteiger partial charge in [0.1, 0.15) is 0 Å². The molecule has 2 fully saturated rings. The first-order valence-corrected chi connectivity index (χ1v) is 7.60. The van der Waals surface area contributed by atoms with E-state index in [9.17, 15) is 0 Å². The average molecular weight is 237 g/mol. The highest BCUT2D eigenvalue weighted by Gasteiger charge is 2.38. The van der Waals surface area contributed by atoms with Gasteiger partial charge in [-0.25, -0.2) is 0 Å². The van der Waals surface area contributed by atoms with Gasteiger partial charge in [0, 0.05) is 6.04 Å². The van der Waals surface area contributed by atoms with Gasteiger partial charge < -0.3 is 5.32 Å². The molecule has 1 nitrogen and oxygen atoms in total. The third-order valence-electron chi connectivity index (χ3n) is 4.77. The summed E-state index contributed by atoms with van der Waals surface area (Å²) >= 11 is 0. The molecule has 2 saturated carbocycles. The first-order chi connectivity index (χ1) is 7.86. The first kappa shape index (κ1) is 13.4. The van der Waals surface area contributed by atoms with E-state index in [2.05, 4.69) is 33.0 Å². The monoisotopic (exact) mass is 237 g/mol. The molecular formula is C16H31N. The maximum atomic E-state index is 3.83. The number of nitrogens with one attached hydrogen (secondary N) is 1. The van der Waals surface area contributed by atoms with E-state index < -0.39 is 0 Å². The van der Waals surface area contributed by atoms with Gasteiger partial charge in [-0.05, 0) is 49.0 Å². The second kappa shape index (κ2) is 4.91. The molecule has 0 unspecified atom stereocenters. The summed E-state index contributed by atoms with van der Waals surface area (Å²) in [4.78, 5) is 0. The van der Waals surface area contributed by atoms with Crippen molar-refractivity contribution >= 4 is 0 Å². The smallest absolute Gasteiger partial charge is 0.00772 e. The van der Waals surface area contributed by atoms with E-state index in [-0.39, 0.29) is 0 Å². The predicted molar refractivity (Wildman–Crippen MR) is 75.2 cm³/mol. The minimum Gasteiger partial charge on any atom is -0.314 e. The van der Waals surface area contributed by atoms with E-state index in [1.165, 1.54) is 51.5 Å². The van der Waals surface area contributed by atoms with Crippen LogP contribution < -0.4 is 5.32 Å². The molecule has 2 aliphatic carbocycles. The Labute approximate surface area is 108 Å². The molecule has 0 aromatic rings. The average Bonchev–Trinajstić information content (AvgIpc) is 2.03. The summed E-state index contributed by atoms with van der Waals surface area (Å²) in [5, 5.41) is 3.83. The van der Waals surface area contributed by atoms with Crippen LogP contribution in [0.25, 0.3) is 0 Å². The lowest BCUT2D eigenvalue weighted by molar-refractivity contribution is 0.0839. The lowest BCUT2D eigenvalue weighted by Gasteiger charge is -2.45. The van der Waals surface area contributed by atoms with Crippen molar-refractivity contribution in [2.45, 2.75) is 78.7 Å². The van der Waals surface area contributed by atoms with Crippen LogP contribution in [-0.2, 0) is 0 Å². The fourth-order valence-corrected chi connectivity index (χ4v) is 4.26. The lowest BCUT2D eigenvalue weighted by Crippen LogP contribution is -2.44. The maximum Gasteiger partial charge on any atom is 0.00772 e. The second-order valence-corrected chi connectivity index (χ2v) is 8.15. The molecule has 0 spiro atoms. The van der Waals surface area contributed by atoms with Crippen LogP contribution in [0.15, 0.2) is 0 Å². The standard InChI is InChI=1S/C16H31N/c1-15(2)10-14(11-16(3,4)12-15)17-9-8-13-6-5-7-13/h13-14,17H,5-12H2,1-4H3. The topological polar surface area (TPSA) is 12.0 Å². The third-order valence-corrected chi connectivity index (χ3v) is 4.77. The van der Waals surface area contributed by atoms with Gasteiger partial charge in [0.15, 0.2) is 0 Å². The van der Waals surface area contributed by atoms with Crippen LogP contribution in [0.4, 0.5) is 0 Å². The third kappa shape index (κ3) is 3.98. The lowest BCUT2D eigenvalue weighted by atomic mass is 9.63. The molecule has 17 heavy (non-hydrogen) atoms. The Bertz CT molecular complexity index is 234. The summed E-state index contributed by atoms with van der Waals surface area (Å²) in [6.45, 7) is 11.0. The predicted octanol–water partition coefficient (Wildman–Crippen LogP) is 4.37. The highest BCUT2D eigenvalue weighted by atomic mass is 14.9. The van der Waals surface area contributed by atoms with Crippen molar-refractivity contribution in [1.82, 2.24) is 5.32 Å². The van der Waals surface area contributed by atoms with Gasteiger partial charge in [0.2, 0.25) is 0 Å². The maximum absolute atomic E-state index is 3.83. The highest BCUT2D eigenvalue weighted by Crippen LogP contribution is 2.45. The Balaban J connectivity index is 1.75. The summed E-state index contributed by atoms with van der Waals surface area (Å²) in [5.74, 6) is 1.05. The Morgan fingerprint density at radius 2 is 1.59 bits per heavy atom. The van der Waals surface area contributed by atoms with Crippen LogP contribution in [0.1, 0.15) is 72.6 Å². The van der Waals surface area contributed by atoms with Gasteiger partial charge >= 0.3 is 0 Å². The van der Waals surface area contributed by atoms with Crippen LogP contribution in [-0.4, -0.2) is 12.6 Å². The molecule has 1 heteroatoms. The van der Waals surface area contributed by atoms with Gasteiger partial charge in [0.05, 0.1) is 0 Å². The van der Waals surface area contributed by atoms with Crippen molar-refractivity contribution < 1.29 is 0 Å². The van der Waals surface area contributed by atoms with E-state index in [4.69, 9.17) is 0 Å². The number of rotatable bonds is 4. The molecule has 100 valence electrons. The quantitative estimate of drug-likeness (QED) is 0.765. The molecule has 0 amide bonds. The zero-order chi connectivity index (χ0) is 12.5. The van der Waals surface area contributed by atoms with E-state index in [1.807, 2.05) is 0 Å². The van der Waals surface area contributed by atoms with E-state index in [1.54, 1.807) is 0 Å². The first-order valence-electron chi connectivity index (χ1n) is 7.60. The van der Waals surface area contributed by atoms with Crippen molar-refractivity contribution in [3.63, 3.8) is 0 Å². The molecular weight excluding hydrogens is 206 g/mol. The highest BCUT2D eigenvalue weighted by molar-refractivity contribution is 4.92. The summed E-state index contributed by atoms with van der Waals surface area (Å²) < 4.78 is 0. The van der Waals surface area contributed by atoms with Crippen LogP contribution in [0.5, 0.6) is 0 Å². The van der Waals surface area contributed by atoms with Crippen molar-refractivity contribution in [3.8, 4) is 0 Å². The van der Waals surface area contributed by atoms with Crippen molar-refractivity contribution in [1.29, 1.82) is 0 Å². The van der Waals surface area contributed by atoms with Gasteiger partial charge in [-0.1, -0.05) is 47.0 Å². The molecule has 0 aromatic heterocycles. The molecule has 0 atom stereocenters. The van der Waals surface area contributed by atoms with E-state index in [0.717, 1.165) is 12.0 Å². The number of hydrogen-bond acceptors (Lipinski definition) is 1. The molecule has 0 saturated heterocycles. The molecule has 1 N–H and O–H groups in total. The van der Waals surface area contributed by atoms with E-state index in [0.29, 0.717) is 10.8 Å². The summed E-state index contributed by atoms with van der Waals surface area (Å²) in [7, 11) is 0. The van der Waals surface area contributed by atoms with Crippen LogP contribution in [0.2, 0.25) is 0 Å². The fraction of sp³-hybridized carbons (Fsp3) is 1.00. The zero-order valence-corrected chi connectivity index (χ0v) is 12.3. The molecule has 2 rings (SSSR count). The summed E-state index contributed by atoms with van der Waals surface area (Å²) in [5.41, 5.74) is 1.05. The normalized spacial score (nSPS) is 28.9. The molecule has 0 radical (unpaired) electrons. The second-order valence-electron chi connectivity index (χ2n) is 8.15. The Kier molecular flexibility index (Phi) is 3.87. The number of hydrogen-bond donors (Lipinski definition) is 1. The van der Waals surface area contributed by atoms with Crippen molar-refractivity contribution in [3.05, 3.63) is 0 Å². The van der Waals surface area contributed by atoms with Crippen molar-refractivity contribution in [2.24, 2.45) is 16.7 Å². The molecule has 0 aromatic carbocycles. The Morgan fingerprint density at radius 1 is 1.00 bits per heavy atom. The largest absolute Gasteiger partial charge is 0.314 e. The summed E-state index contributed by atoms with van der Waals surface area (Å²) in [6, 6.07) is 0.758. The molecule has 0 bridgehead atoms. The van der Waals surface area contributed by atoms with Crippen molar-refractivity contribution in [2.75, 3.05) is 6.54 Å². The van der Waals surface area contributed by atoms with Gasteiger partial charge in [-0.15, -0.1) is 0 Å². The van der Waals surface area contributed by atoms with Gasteiger partial charge in [0.25, 0.3) is 0 Å². The molecule has 0 aliphatic heterocycles. The minimum atomic E-state index is 0.524. The molecule has 2 aliphatic rings. The van der Waals surface area contributed by atoms with Crippen LogP contribution in [0, 0.1) is 16.7 Å². The zero-order valence-electron chi connectivity index (χ0n) is 12.3. The SMILES string of the molecule is CC1(C)CC(NCCC2CCC2)CC(C)(C)C1. The van der Waals surface area contributed by atoms with Gasteiger partial charge in [-0.3, -0.25) is 0 Å². The van der Waals surface area contributed by atoms with Crippen LogP contribution in [0.3, 0.4) is 0 Å². The minimum absolute atomic E-state index is 0.524.